The van der Waals surface area contributed by atoms with Gasteiger partial charge in [-0.1, -0.05) is 37.5 Å². The minimum atomic E-state index is -0.674. The smallest absolute Gasteiger partial charge is 0.384 e. The molecular formula is C25H49FeN2O2P. The first-order chi connectivity index (χ1) is 13.5. The molecule has 6 heteroatoms. The second-order valence-electron chi connectivity index (χ2n) is 8.60. The van der Waals surface area contributed by atoms with Crippen LogP contribution < -0.4 is 0 Å². The Morgan fingerprint density at radius 1 is 0.935 bits per heavy atom. The van der Waals surface area contributed by atoms with Crippen LogP contribution in [-0.4, -0.2) is 49.5 Å². The molecule has 1 atom stereocenters. The van der Waals surface area contributed by atoms with E-state index in [0.29, 0.717) is 12.1 Å². The second-order valence-corrected chi connectivity index (χ2v) is 10.3. The molecule has 31 heavy (non-hydrogen) atoms. The molecule has 184 valence electrons. The number of nitrogens with one attached hydrogen (secondary N) is 1. The van der Waals surface area contributed by atoms with Gasteiger partial charge in [0.1, 0.15) is 8.30 Å². The van der Waals surface area contributed by atoms with E-state index in [1.54, 1.807) is 7.11 Å². The van der Waals surface area contributed by atoms with E-state index in [2.05, 4.69) is 44.2 Å². The summed E-state index contributed by atoms with van der Waals surface area (Å²) in [6, 6.07) is 0.929. The molecule has 2 aliphatic carbocycles. The summed E-state index contributed by atoms with van der Waals surface area (Å²) in [5.41, 5.74) is 0. The van der Waals surface area contributed by atoms with Crippen molar-refractivity contribution >= 4 is 14.5 Å². The Labute approximate surface area is 206 Å². The number of rotatable bonds is 9. The van der Waals surface area contributed by atoms with Crippen molar-refractivity contribution in [1.29, 1.82) is 5.41 Å². The third kappa shape index (κ3) is 15.5. The number of ether oxygens (including phenoxy) is 1. The van der Waals surface area contributed by atoms with Gasteiger partial charge in [-0.05, 0) is 65.2 Å². The number of hydrogen-bond acceptors (Lipinski definition) is 4. The maximum absolute atomic E-state index is 7.02. The molecule has 1 unspecified atom stereocenters. The van der Waals surface area contributed by atoms with Gasteiger partial charge < -0.3 is 24.1 Å². The van der Waals surface area contributed by atoms with Crippen LogP contribution in [0, 0.1) is 43.9 Å². The Morgan fingerprint density at radius 3 is 1.77 bits per heavy atom. The first-order valence-corrected chi connectivity index (χ1v) is 12.5. The van der Waals surface area contributed by atoms with E-state index < -0.39 is 8.30 Å². The molecule has 0 aromatic rings. The third-order valence-electron chi connectivity index (χ3n) is 5.52. The second kappa shape index (κ2) is 21.9. The molecule has 2 fully saturated rings. The van der Waals surface area contributed by atoms with Gasteiger partial charge in [-0.2, -0.15) is 0 Å². The Bertz CT molecular complexity index is 460. The fraction of sp³-hybridized carbons (Fsp3) is 0.800. The van der Waals surface area contributed by atoms with Crippen LogP contribution in [0.15, 0.2) is 0 Å². The molecule has 0 aromatic carbocycles. The van der Waals surface area contributed by atoms with E-state index in [-0.39, 0.29) is 31.9 Å². The molecular weight excluding hydrogens is 447 g/mol. The summed E-state index contributed by atoms with van der Waals surface area (Å²) in [6.07, 6.45) is 12.9. The number of methoxy groups -OCH3 is 1. The molecule has 1 N–H and O–H groups in total. The van der Waals surface area contributed by atoms with Gasteiger partial charge in [0.15, 0.2) is 0 Å². The summed E-state index contributed by atoms with van der Waals surface area (Å²) in [4.78, 5) is 0. The molecule has 0 amide bonds. The summed E-state index contributed by atoms with van der Waals surface area (Å²) in [7, 11) is 1.12. The molecule has 2 rings (SSSR count). The van der Waals surface area contributed by atoms with Crippen LogP contribution in [-0.2, 0) is 26.3 Å². The normalized spacial score (nSPS) is 17.0. The van der Waals surface area contributed by atoms with Gasteiger partial charge in [0.05, 0.1) is 19.0 Å². The Balaban J connectivity index is -0.000000606. The van der Waals surface area contributed by atoms with Crippen molar-refractivity contribution in [2.45, 2.75) is 91.1 Å². The number of nitrogens with zero attached hydrogens (tertiary/aromatic N) is 1. The molecule has 0 aliphatic heterocycles. The average molecular weight is 496 g/mol. The predicted molar refractivity (Wildman–Crippen MR) is 135 cm³/mol. The maximum Gasteiger partial charge on any atom is 2.00 e. The Morgan fingerprint density at radius 2 is 1.39 bits per heavy atom. The van der Waals surface area contributed by atoms with Crippen LogP contribution in [0.1, 0.15) is 79.1 Å². The van der Waals surface area contributed by atoms with Crippen LogP contribution in [0.2, 0.25) is 0 Å². The molecule has 0 heterocycles. The number of hydrogen-bond donors (Lipinski definition) is 1. The van der Waals surface area contributed by atoms with Gasteiger partial charge in [-0.25, -0.2) is 0 Å². The van der Waals surface area contributed by atoms with Crippen LogP contribution in [0.4, 0.5) is 0 Å². The van der Waals surface area contributed by atoms with Crippen LogP contribution in [0.25, 0.3) is 0 Å². The van der Waals surface area contributed by atoms with E-state index in [4.69, 9.17) is 14.7 Å². The minimum Gasteiger partial charge on any atom is -0.384 e. The Kier molecular flexibility index (Phi) is 25.2. The zero-order valence-electron chi connectivity index (χ0n) is 21.2. The monoisotopic (exact) mass is 496 g/mol. The van der Waals surface area contributed by atoms with Gasteiger partial charge >= 0.3 is 17.1 Å². The Hall–Kier alpha value is 0.0595. The minimum absolute atomic E-state index is 0. The molecule has 0 radical (unpaired) electrons. The van der Waals surface area contributed by atoms with Gasteiger partial charge in [-0.3, -0.25) is 10.1 Å². The quantitative estimate of drug-likeness (QED) is 0.123. The third-order valence-corrected chi connectivity index (χ3v) is 7.83. The summed E-state index contributed by atoms with van der Waals surface area (Å²) < 4.78 is 13.7. The van der Waals surface area contributed by atoms with Gasteiger partial charge in [0, 0.05) is 25.8 Å². The average Bonchev–Trinajstić information content (AvgIpc) is 3.34. The molecule has 4 nitrogen and oxygen atoms in total. The molecule has 0 spiro atoms. The first-order valence-electron chi connectivity index (χ1n) is 11.1. The zero-order chi connectivity index (χ0) is 20.8. The fourth-order valence-electron chi connectivity index (χ4n) is 4.25. The van der Waals surface area contributed by atoms with E-state index in [1.807, 2.05) is 0 Å². The standard InChI is InChI=1S/C16H29N2OP.C7H14O.2CH3.Fe/c1-14(2)18(15(3)4)20(12-8-7-11-17)19-13-16-9-5-6-10-16;1-8-6-7-4-2-3-5-7;;;/h11,14-17H,5-6,9-10,12-13H2,1-4H3;7H,2-6H2,1H3;2*1H3;/q;;2*-1;+2. The molecule has 0 saturated heterocycles. The van der Waals surface area contributed by atoms with Gasteiger partial charge in [0.2, 0.25) is 0 Å². The summed E-state index contributed by atoms with van der Waals surface area (Å²) >= 11 is 0. The topological polar surface area (TPSA) is 45.6 Å². The fourth-order valence-corrected chi connectivity index (χ4v) is 6.28. The molecule has 2 aliphatic rings. The van der Waals surface area contributed by atoms with Crippen molar-refractivity contribution in [1.82, 2.24) is 4.67 Å². The first kappa shape index (κ1) is 35.6. The van der Waals surface area contributed by atoms with Crippen molar-refractivity contribution in [2.24, 2.45) is 11.8 Å². The van der Waals surface area contributed by atoms with E-state index >= 15 is 0 Å². The van der Waals surface area contributed by atoms with Crippen molar-refractivity contribution in [3.05, 3.63) is 14.9 Å². The zero-order valence-corrected chi connectivity index (χ0v) is 23.2. The molecule has 2 saturated carbocycles. The maximum atomic E-state index is 7.02. The largest absolute Gasteiger partial charge is 2.00 e. The summed E-state index contributed by atoms with van der Waals surface area (Å²) in [5.74, 6) is 7.45. The molecule has 0 aromatic heterocycles. The van der Waals surface area contributed by atoms with Crippen molar-refractivity contribution in [3.63, 3.8) is 0 Å². The summed E-state index contributed by atoms with van der Waals surface area (Å²) in [6.45, 7) is 10.8. The van der Waals surface area contributed by atoms with E-state index in [0.717, 1.165) is 31.2 Å². The van der Waals surface area contributed by atoms with Crippen LogP contribution in [0.3, 0.4) is 0 Å². The van der Waals surface area contributed by atoms with Crippen molar-refractivity contribution in [3.8, 4) is 11.8 Å². The predicted octanol–water partition coefficient (Wildman–Crippen LogP) is 7.00. The van der Waals surface area contributed by atoms with Gasteiger partial charge in [0.25, 0.3) is 0 Å². The molecule has 0 bridgehead atoms. The van der Waals surface area contributed by atoms with E-state index in [1.165, 1.54) is 57.6 Å². The van der Waals surface area contributed by atoms with E-state index in [9.17, 15) is 0 Å². The van der Waals surface area contributed by atoms with Crippen LogP contribution in [0.5, 0.6) is 0 Å². The van der Waals surface area contributed by atoms with Crippen molar-refractivity contribution < 1.29 is 26.3 Å². The van der Waals surface area contributed by atoms with Crippen LogP contribution >= 0.6 is 8.30 Å². The van der Waals surface area contributed by atoms with Crippen molar-refractivity contribution in [2.75, 3.05) is 26.5 Å². The SMILES string of the molecule is CC(C)N(C(C)C)P(CC#CC=N)OCC1CCCC1.COCC1CCCC1.[CH3-].[CH3-].[Fe+2]. The summed E-state index contributed by atoms with van der Waals surface area (Å²) in [5, 5.41) is 7.02. The van der Waals surface area contributed by atoms with Gasteiger partial charge in [-0.15, -0.1) is 0 Å².